The van der Waals surface area contributed by atoms with Gasteiger partial charge in [0, 0.05) is 5.56 Å². The first-order valence-corrected chi connectivity index (χ1v) is 9.34. The fraction of sp³-hybridized carbons (Fsp3) is 0.273. The van der Waals surface area contributed by atoms with Crippen LogP contribution in [0.5, 0.6) is 5.75 Å². The van der Waals surface area contributed by atoms with E-state index in [1.54, 1.807) is 24.3 Å². The minimum atomic E-state index is -1.02. The van der Waals surface area contributed by atoms with Gasteiger partial charge < -0.3 is 4.74 Å². The lowest BCUT2D eigenvalue weighted by Gasteiger charge is -2.15. The molecule has 0 aliphatic carbocycles. The van der Waals surface area contributed by atoms with Crippen LogP contribution < -0.4 is 9.64 Å². The quantitative estimate of drug-likeness (QED) is 0.408. The van der Waals surface area contributed by atoms with Crippen LogP contribution in [0.4, 0.5) is 10.5 Å². The molecule has 0 bridgehead atoms. The summed E-state index contributed by atoms with van der Waals surface area (Å²) in [7, 11) is 1.49. The smallest absolute Gasteiger partial charge is 0.339 e. The zero-order chi connectivity index (χ0) is 21.1. The van der Waals surface area contributed by atoms with Crippen molar-refractivity contribution in [3.8, 4) is 5.75 Å². The predicted molar refractivity (Wildman–Crippen MR) is 107 cm³/mol. The molecule has 3 rings (SSSR count). The molecule has 0 N–H and O–H groups in total. The van der Waals surface area contributed by atoms with Gasteiger partial charge in [-0.25, -0.2) is 14.6 Å². The number of amides is 4. The number of hydrogen-bond donors (Lipinski definition) is 0. The number of carbonyl (C=O) groups excluding carboxylic acids is 4. The van der Waals surface area contributed by atoms with E-state index in [0.29, 0.717) is 22.1 Å². The summed E-state index contributed by atoms with van der Waals surface area (Å²) in [5, 5.41) is 0. The number of nitrogens with zero attached hydrogens (tertiary/aromatic N) is 2. The molecule has 0 aromatic heterocycles. The predicted octanol–water partition coefficient (Wildman–Crippen LogP) is 3.39. The first-order valence-electron chi connectivity index (χ1n) is 9.34. The number of anilines is 1. The highest BCUT2D eigenvalue weighted by Crippen LogP contribution is 2.25. The molecule has 0 saturated carbocycles. The maximum atomic E-state index is 12.7. The minimum Gasteiger partial charge on any atom is -0.497 e. The molecule has 1 heterocycles. The summed E-state index contributed by atoms with van der Waals surface area (Å²) in [6.45, 7) is 3.69. The second-order valence-electron chi connectivity index (χ2n) is 6.87. The summed E-state index contributed by atoms with van der Waals surface area (Å²) in [5.74, 6) is -1.49. The lowest BCUT2D eigenvalue weighted by molar-refractivity contribution is -0.139. The molecular formula is C22H22N2O5. The molecule has 4 amide bonds. The summed E-state index contributed by atoms with van der Waals surface area (Å²) >= 11 is 0. The lowest BCUT2D eigenvalue weighted by atomic mass is 9.97. The van der Waals surface area contributed by atoms with Gasteiger partial charge in [0.25, 0.3) is 0 Å². The van der Waals surface area contributed by atoms with Crippen LogP contribution in [0.3, 0.4) is 0 Å². The fourth-order valence-corrected chi connectivity index (χ4v) is 3.07. The molecule has 1 unspecified atom stereocenters. The van der Waals surface area contributed by atoms with Crippen LogP contribution in [-0.2, 0) is 9.59 Å². The van der Waals surface area contributed by atoms with Crippen molar-refractivity contribution in [2.45, 2.75) is 26.2 Å². The Balaban J connectivity index is 1.76. The molecule has 0 spiro atoms. The Bertz CT molecular complexity index is 950. The Morgan fingerprint density at radius 1 is 0.966 bits per heavy atom. The van der Waals surface area contributed by atoms with Gasteiger partial charge in [-0.15, -0.1) is 0 Å². The van der Waals surface area contributed by atoms with Crippen LogP contribution in [0, 0.1) is 0 Å². The maximum absolute atomic E-state index is 12.7. The van der Waals surface area contributed by atoms with Crippen molar-refractivity contribution in [3.05, 3.63) is 59.7 Å². The number of imide groups is 2. The first kappa shape index (κ1) is 20.3. The molecule has 0 radical (unpaired) electrons. The highest BCUT2D eigenvalue weighted by Gasteiger charge is 2.46. The summed E-state index contributed by atoms with van der Waals surface area (Å²) in [4.78, 5) is 51.3. The molecule has 1 atom stereocenters. The van der Waals surface area contributed by atoms with Gasteiger partial charge in [0.05, 0.1) is 19.3 Å². The molecule has 1 aliphatic heterocycles. The van der Waals surface area contributed by atoms with Gasteiger partial charge in [-0.3, -0.25) is 14.4 Å². The standard InChI is InChI=1S/C22H22N2O5/c1-4-14(2)15-5-7-16(8-6-15)19(25)13-23-20(26)21(27)24(22(23)28)17-9-11-18(29-3)12-10-17/h5-12,14H,4,13H2,1-3H3. The monoisotopic (exact) mass is 394 g/mol. The number of rotatable bonds is 7. The number of urea groups is 1. The van der Waals surface area contributed by atoms with Crippen molar-refractivity contribution in [2.24, 2.45) is 0 Å². The Morgan fingerprint density at radius 2 is 1.59 bits per heavy atom. The highest BCUT2D eigenvalue weighted by molar-refractivity contribution is 6.53. The highest BCUT2D eigenvalue weighted by atomic mass is 16.5. The largest absolute Gasteiger partial charge is 0.497 e. The molecular weight excluding hydrogens is 372 g/mol. The third-order valence-corrected chi connectivity index (χ3v) is 5.10. The van der Waals surface area contributed by atoms with E-state index >= 15 is 0 Å². The average molecular weight is 394 g/mol. The molecule has 2 aromatic rings. The van der Waals surface area contributed by atoms with Crippen LogP contribution >= 0.6 is 0 Å². The van der Waals surface area contributed by atoms with Crippen molar-refractivity contribution >= 4 is 29.3 Å². The van der Waals surface area contributed by atoms with Crippen molar-refractivity contribution in [2.75, 3.05) is 18.6 Å². The van der Waals surface area contributed by atoms with Gasteiger partial charge in [0.1, 0.15) is 5.75 Å². The van der Waals surface area contributed by atoms with Crippen molar-refractivity contribution in [3.63, 3.8) is 0 Å². The van der Waals surface area contributed by atoms with Crippen molar-refractivity contribution in [1.82, 2.24) is 4.90 Å². The Morgan fingerprint density at radius 3 is 2.14 bits per heavy atom. The molecule has 29 heavy (non-hydrogen) atoms. The van der Waals surface area contributed by atoms with Gasteiger partial charge in [-0.05, 0) is 42.2 Å². The molecule has 1 aliphatic rings. The summed E-state index contributed by atoms with van der Waals surface area (Å²) in [6, 6.07) is 12.4. The van der Waals surface area contributed by atoms with E-state index in [2.05, 4.69) is 13.8 Å². The molecule has 1 fully saturated rings. The third kappa shape index (κ3) is 3.89. The summed E-state index contributed by atoms with van der Waals surface area (Å²) in [6.07, 6.45) is 0.980. The van der Waals surface area contributed by atoms with Crippen LogP contribution in [-0.4, -0.2) is 42.2 Å². The zero-order valence-electron chi connectivity index (χ0n) is 16.5. The number of methoxy groups -OCH3 is 1. The minimum absolute atomic E-state index is 0.238. The van der Waals surface area contributed by atoms with E-state index in [1.807, 2.05) is 12.1 Å². The first-order chi connectivity index (χ1) is 13.9. The van der Waals surface area contributed by atoms with E-state index in [4.69, 9.17) is 4.74 Å². The second-order valence-corrected chi connectivity index (χ2v) is 6.87. The van der Waals surface area contributed by atoms with E-state index in [9.17, 15) is 19.2 Å². The summed E-state index contributed by atoms with van der Waals surface area (Å²) < 4.78 is 5.05. The molecule has 7 heteroatoms. The average Bonchev–Trinajstić information content (AvgIpc) is 2.96. The molecule has 7 nitrogen and oxygen atoms in total. The number of hydrogen-bond acceptors (Lipinski definition) is 5. The van der Waals surface area contributed by atoms with Crippen molar-refractivity contribution in [1.29, 1.82) is 0 Å². The van der Waals surface area contributed by atoms with E-state index in [1.165, 1.54) is 19.2 Å². The Kier molecular flexibility index (Phi) is 5.77. The topological polar surface area (TPSA) is 84.0 Å². The fourth-order valence-electron chi connectivity index (χ4n) is 3.07. The molecule has 150 valence electrons. The van der Waals surface area contributed by atoms with E-state index in [-0.39, 0.29) is 5.69 Å². The number of Topliss-reactive ketones (excluding diaryl/α,β-unsaturated/α-hetero) is 1. The van der Waals surface area contributed by atoms with Gasteiger partial charge in [0.2, 0.25) is 0 Å². The van der Waals surface area contributed by atoms with Crippen LogP contribution in [0.15, 0.2) is 48.5 Å². The SMILES string of the molecule is CCC(C)c1ccc(C(=O)CN2C(=O)C(=O)N(c3ccc(OC)cc3)C2=O)cc1. The maximum Gasteiger partial charge on any atom is 0.339 e. The zero-order valence-corrected chi connectivity index (χ0v) is 16.5. The van der Waals surface area contributed by atoms with Gasteiger partial charge in [-0.2, -0.15) is 0 Å². The second kappa shape index (κ2) is 8.26. The number of carbonyl (C=O) groups is 4. The Hall–Kier alpha value is -3.48. The number of ketones is 1. The molecule has 1 saturated heterocycles. The van der Waals surface area contributed by atoms with Crippen LogP contribution in [0.1, 0.15) is 42.1 Å². The van der Waals surface area contributed by atoms with Crippen LogP contribution in [0.25, 0.3) is 0 Å². The number of ether oxygens (including phenoxy) is 1. The number of benzene rings is 2. The van der Waals surface area contributed by atoms with E-state index in [0.717, 1.165) is 16.9 Å². The van der Waals surface area contributed by atoms with Gasteiger partial charge >= 0.3 is 17.8 Å². The third-order valence-electron chi connectivity index (χ3n) is 5.10. The van der Waals surface area contributed by atoms with Gasteiger partial charge in [0.15, 0.2) is 5.78 Å². The van der Waals surface area contributed by atoms with E-state index < -0.39 is 30.2 Å². The van der Waals surface area contributed by atoms with Gasteiger partial charge in [-0.1, -0.05) is 38.1 Å². The Labute approximate surface area is 168 Å². The van der Waals surface area contributed by atoms with Crippen LogP contribution in [0.2, 0.25) is 0 Å². The lowest BCUT2D eigenvalue weighted by Crippen LogP contribution is -2.37. The molecule has 2 aromatic carbocycles. The summed E-state index contributed by atoms with van der Waals surface area (Å²) in [5.41, 5.74) is 1.73. The normalized spacial score (nSPS) is 15.1. The van der Waals surface area contributed by atoms with Crippen molar-refractivity contribution < 1.29 is 23.9 Å².